The van der Waals surface area contributed by atoms with Crippen molar-refractivity contribution < 1.29 is 9.26 Å². The molecule has 0 spiro atoms. The summed E-state index contributed by atoms with van der Waals surface area (Å²) in [6, 6.07) is 12.1. The molecular formula is C18H20N4O2S. The highest BCUT2D eigenvalue weighted by Gasteiger charge is 2.35. The minimum Gasteiger partial charge on any atom is -0.379 e. The van der Waals surface area contributed by atoms with Crippen molar-refractivity contribution in [2.75, 3.05) is 25.1 Å². The van der Waals surface area contributed by atoms with Crippen molar-refractivity contribution in [3.05, 3.63) is 47.9 Å². The van der Waals surface area contributed by atoms with E-state index < -0.39 is 0 Å². The van der Waals surface area contributed by atoms with Gasteiger partial charge in [-0.25, -0.2) is 0 Å². The molecular weight excluding hydrogens is 336 g/mol. The summed E-state index contributed by atoms with van der Waals surface area (Å²) in [7, 11) is 1.77. The molecule has 6 nitrogen and oxygen atoms in total. The summed E-state index contributed by atoms with van der Waals surface area (Å²) in [5.74, 6) is 1.26. The van der Waals surface area contributed by atoms with E-state index in [1.165, 1.54) is 0 Å². The molecule has 0 unspecified atom stereocenters. The Kier molecular flexibility index (Phi) is 4.50. The van der Waals surface area contributed by atoms with Crippen molar-refractivity contribution >= 4 is 16.5 Å². The van der Waals surface area contributed by atoms with Gasteiger partial charge in [-0.15, -0.1) is 10.2 Å². The molecule has 4 rings (SSSR count). The molecule has 0 bridgehead atoms. The number of aryl methyl sites for hydroxylation is 1. The average Bonchev–Trinajstić information content (AvgIpc) is 3.35. The van der Waals surface area contributed by atoms with Crippen molar-refractivity contribution in [1.82, 2.24) is 15.4 Å². The van der Waals surface area contributed by atoms with E-state index in [4.69, 9.17) is 9.26 Å². The second-order valence-electron chi connectivity index (χ2n) is 6.33. The van der Waals surface area contributed by atoms with Gasteiger partial charge in [0.15, 0.2) is 0 Å². The third kappa shape index (κ3) is 3.43. The van der Waals surface area contributed by atoms with E-state index in [0.29, 0.717) is 5.92 Å². The maximum absolute atomic E-state index is 5.70. The fraction of sp³-hybridized carbons (Fsp3) is 0.389. The molecule has 2 aromatic heterocycles. The van der Waals surface area contributed by atoms with Crippen LogP contribution in [-0.4, -0.2) is 41.7 Å². The van der Waals surface area contributed by atoms with E-state index in [1.54, 1.807) is 18.4 Å². The van der Waals surface area contributed by atoms with Gasteiger partial charge in [0.25, 0.3) is 0 Å². The molecule has 0 saturated carbocycles. The summed E-state index contributed by atoms with van der Waals surface area (Å²) in [5.41, 5.74) is 2.01. The lowest BCUT2D eigenvalue weighted by Gasteiger charge is -2.14. The maximum Gasteiger partial charge on any atom is 0.208 e. The Hall–Kier alpha value is -2.25. The Labute approximate surface area is 150 Å². The maximum atomic E-state index is 5.70. The lowest BCUT2D eigenvalue weighted by Crippen LogP contribution is -2.23. The molecule has 1 saturated heterocycles. The first kappa shape index (κ1) is 16.2. The zero-order valence-electron chi connectivity index (χ0n) is 14.3. The number of nitrogens with zero attached hydrogens (tertiary/aromatic N) is 4. The third-order valence-electron chi connectivity index (χ3n) is 4.53. The SMILES string of the molecule is CO[C@H]1CN(c2nnc(-c3ccccc3)s2)C[C@H]1Cc1cc(C)no1. The highest BCUT2D eigenvalue weighted by molar-refractivity contribution is 7.18. The average molecular weight is 356 g/mol. The predicted octanol–water partition coefficient (Wildman–Crippen LogP) is 3.20. The molecule has 7 heteroatoms. The van der Waals surface area contributed by atoms with Crippen LogP contribution in [0.2, 0.25) is 0 Å². The van der Waals surface area contributed by atoms with Gasteiger partial charge in [-0.1, -0.05) is 46.8 Å². The standard InChI is InChI=1S/C18H20N4O2S/c1-12-8-15(24-21-12)9-14-10-22(11-16(14)23-2)18-20-19-17(25-18)13-6-4-3-5-7-13/h3-8,14,16H,9-11H2,1-2H3/t14-,16+/m1/s1. The third-order valence-corrected chi connectivity index (χ3v) is 5.56. The molecule has 2 atom stereocenters. The van der Waals surface area contributed by atoms with Crippen LogP contribution >= 0.6 is 11.3 Å². The summed E-state index contributed by atoms with van der Waals surface area (Å²) in [6.07, 6.45) is 0.967. The molecule has 0 radical (unpaired) electrons. The molecule has 0 aliphatic carbocycles. The largest absolute Gasteiger partial charge is 0.379 e. The molecule has 0 amide bonds. The lowest BCUT2D eigenvalue weighted by molar-refractivity contribution is 0.0813. The van der Waals surface area contributed by atoms with Gasteiger partial charge in [-0.2, -0.15) is 0 Å². The molecule has 130 valence electrons. The molecule has 3 aromatic rings. The molecule has 25 heavy (non-hydrogen) atoms. The molecule has 1 aliphatic rings. The quantitative estimate of drug-likeness (QED) is 0.699. The van der Waals surface area contributed by atoms with Gasteiger partial charge in [0, 0.05) is 44.2 Å². The smallest absolute Gasteiger partial charge is 0.208 e. The first-order valence-electron chi connectivity index (χ1n) is 8.32. The fourth-order valence-corrected chi connectivity index (χ4v) is 4.14. The second kappa shape index (κ2) is 6.93. The highest BCUT2D eigenvalue weighted by atomic mass is 32.1. The van der Waals surface area contributed by atoms with Gasteiger partial charge >= 0.3 is 0 Å². The van der Waals surface area contributed by atoms with Crippen LogP contribution in [0.25, 0.3) is 10.6 Å². The number of benzene rings is 1. The number of anilines is 1. The first-order valence-corrected chi connectivity index (χ1v) is 9.13. The summed E-state index contributed by atoms with van der Waals surface area (Å²) in [5, 5.41) is 14.6. The van der Waals surface area contributed by atoms with E-state index in [9.17, 15) is 0 Å². The summed E-state index contributed by atoms with van der Waals surface area (Å²) < 4.78 is 11.1. The van der Waals surface area contributed by atoms with E-state index in [1.807, 2.05) is 31.2 Å². The van der Waals surface area contributed by atoms with Crippen molar-refractivity contribution in [3.8, 4) is 10.6 Å². The van der Waals surface area contributed by atoms with Crippen molar-refractivity contribution in [2.45, 2.75) is 19.4 Å². The van der Waals surface area contributed by atoms with Crippen LogP contribution < -0.4 is 4.90 Å². The summed E-state index contributed by atoms with van der Waals surface area (Å²) in [4.78, 5) is 2.26. The number of aromatic nitrogens is 3. The van der Waals surface area contributed by atoms with Crippen molar-refractivity contribution in [1.29, 1.82) is 0 Å². The second-order valence-corrected chi connectivity index (χ2v) is 7.29. The van der Waals surface area contributed by atoms with Crippen LogP contribution in [0.3, 0.4) is 0 Å². The molecule has 0 N–H and O–H groups in total. The Morgan fingerprint density at radius 2 is 2.08 bits per heavy atom. The number of methoxy groups -OCH3 is 1. The molecule has 1 aliphatic heterocycles. The van der Waals surface area contributed by atoms with Crippen LogP contribution in [-0.2, 0) is 11.2 Å². The fourth-order valence-electron chi connectivity index (χ4n) is 3.27. The van der Waals surface area contributed by atoms with Crippen LogP contribution in [0.15, 0.2) is 40.9 Å². The topological polar surface area (TPSA) is 64.3 Å². The van der Waals surface area contributed by atoms with Gasteiger partial charge in [-0.3, -0.25) is 0 Å². The zero-order chi connectivity index (χ0) is 17.2. The molecule has 3 heterocycles. The minimum absolute atomic E-state index is 0.148. The van der Waals surface area contributed by atoms with Gasteiger partial charge in [-0.05, 0) is 6.92 Å². The Morgan fingerprint density at radius 3 is 2.80 bits per heavy atom. The number of hydrogen-bond donors (Lipinski definition) is 0. The first-order chi connectivity index (χ1) is 12.2. The number of hydrogen-bond acceptors (Lipinski definition) is 7. The highest BCUT2D eigenvalue weighted by Crippen LogP contribution is 2.33. The van der Waals surface area contributed by atoms with Gasteiger partial charge in [0.05, 0.1) is 11.8 Å². The van der Waals surface area contributed by atoms with Crippen molar-refractivity contribution in [3.63, 3.8) is 0 Å². The van der Waals surface area contributed by atoms with E-state index in [0.717, 1.165) is 46.7 Å². The predicted molar refractivity (Wildman–Crippen MR) is 96.8 cm³/mol. The minimum atomic E-state index is 0.148. The van der Waals surface area contributed by atoms with Gasteiger partial charge in [0.2, 0.25) is 5.13 Å². The van der Waals surface area contributed by atoms with Crippen LogP contribution in [0.5, 0.6) is 0 Å². The normalized spacial score (nSPS) is 20.3. The van der Waals surface area contributed by atoms with Gasteiger partial charge < -0.3 is 14.2 Å². The van der Waals surface area contributed by atoms with E-state index in [2.05, 4.69) is 32.4 Å². The van der Waals surface area contributed by atoms with Crippen molar-refractivity contribution in [2.24, 2.45) is 5.92 Å². The number of rotatable bonds is 5. The Balaban J connectivity index is 1.49. The van der Waals surface area contributed by atoms with Crippen LogP contribution in [0.4, 0.5) is 5.13 Å². The Bertz CT molecular complexity index is 832. The van der Waals surface area contributed by atoms with Crippen LogP contribution in [0, 0.1) is 12.8 Å². The number of ether oxygens (including phenoxy) is 1. The van der Waals surface area contributed by atoms with E-state index in [-0.39, 0.29) is 6.10 Å². The Morgan fingerprint density at radius 1 is 1.24 bits per heavy atom. The molecule has 1 aromatic carbocycles. The van der Waals surface area contributed by atoms with E-state index >= 15 is 0 Å². The monoisotopic (exact) mass is 356 g/mol. The van der Waals surface area contributed by atoms with Crippen LogP contribution in [0.1, 0.15) is 11.5 Å². The molecule has 1 fully saturated rings. The summed E-state index contributed by atoms with van der Waals surface area (Å²) in [6.45, 7) is 3.63. The van der Waals surface area contributed by atoms with Gasteiger partial charge in [0.1, 0.15) is 10.8 Å². The lowest BCUT2D eigenvalue weighted by atomic mass is 10.0. The summed E-state index contributed by atoms with van der Waals surface area (Å²) >= 11 is 1.62. The zero-order valence-corrected chi connectivity index (χ0v) is 15.1.